The third kappa shape index (κ3) is 3.62. The van der Waals surface area contributed by atoms with Crippen LogP contribution in [-0.4, -0.2) is 13.6 Å². The second-order valence-corrected chi connectivity index (χ2v) is 5.82. The van der Waals surface area contributed by atoms with Crippen molar-refractivity contribution in [1.82, 2.24) is 5.32 Å². The summed E-state index contributed by atoms with van der Waals surface area (Å²) in [6.07, 6.45) is 0. The molecule has 0 heterocycles. The molecule has 0 aliphatic heterocycles. The van der Waals surface area contributed by atoms with Crippen LogP contribution < -0.4 is 10.2 Å². The Kier molecular flexibility index (Phi) is 5.21. The zero-order chi connectivity index (χ0) is 14.5. The molecule has 0 radical (unpaired) electrons. The molecular weight excluding hydrogens is 312 g/mol. The minimum atomic E-state index is 0.906. The average molecular weight is 333 g/mol. The summed E-state index contributed by atoms with van der Waals surface area (Å²) in [7, 11) is 2.10. The maximum absolute atomic E-state index is 3.69. The van der Waals surface area contributed by atoms with Crippen molar-refractivity contribution in [1.29, 1.82) is 0 Å². The molecule has 2 aromatic rings. The summed E-state index contributed by atoms with van der Waals surface area (Å²) in [5.41, 5.74) is 4.94. The molecule has 3 heteroatoms. The van der Waals surface area contributed by atoms with Gasteiger partial charge in [0.15, 0.2) is 0 Å². The van der Waals surface area contributed by atoms with E-state index in [4.69, 9.17) is 0 Å². The van der Waals surface area contributed by atoms with E-state index in [2.05, 4.69) is 89.5 Å². The molecule has 20 heavy (non-hydrogen) atoms. The van der Waals surface area contributed by atoms with E-state index in [-0.39, 0.29) is 0 Å². The van der Waals surface area contributed by atoms with Crippen LogP contribution in [0.3, 0.4) is 0 Å². The van der Waals surface area contributed by atoms with E-state index in [1.54, 1.807) is 0 Å². The van der Waals surface area contributed by atoms with Gasteiger partial charge in [0.2, 0.25) is 0 Å². The molecule has 0 unspecified atom stereocenters. The zero-order valence-electron chi connectivity index (χ0n) is 12.3. The molecule has 0 spiro atoms. The molecule has 2 rings (SSSR count). The summed E-state index contributed by atoms with van der Waals surface area (Å²) in [5, 5.41) is 3.35. The number of nitrogens with zero attached hydrogens (tertiary/aromatic N) is 1. The lowest BCUT2D eigenvalue weighted by Crippen LogP contribution is -2.13. The summed E-state index contributed by atoms with van der Waals surface area (Å²) in [6.45, 7) is 6.13. The first kappa shape index (κ1) is 15.1. The van der Waals surface area contributed by atoms with Gasteiger partial charge in [0, 0.05) is 23.8 Å². The molecule has 2 aromatic carbocycles. The lowest BCUT2D eigenvalue weighted by molar-refractivity contribution is 0.726. The molecule has 106 valence electrons. The molecule has 0 aliphatic rings. The Morgan fingerprint density at radius 3 is 2.60 bits per heavy atom. The molecule has 0 saturated heterocycles. The fourth-order valence-electron chi connectivity index (χ4n) is 2.18. The monoisotopic (exact) mass is 332 g/mol. The Labute approximate surface area is 129 Å². The molecule has 0 amide bonds. The van der Waals surface area contributed by atoms with E-state index in [0.29, 0.717) is 0 Å². The number of hydrogen-bond donors (Lipinski definition) is 1. The fraction of sp³-hybridized carbons (Fsp3) is 0.294. The predicted molar refractivity (Wildman–Crippen MR) is 90.8 cm³/mol. The lowest BCUT2D eigenvalue weighted by Gasteiger charge is -2.22. The summed E-state index contributed by atoms with van der Waals surface area (Å²) >= 11 is 3.69. The molecule has 0 saturated carbocycles. The van der Waals surface area contributed by atoms with Crippen LogP contribution in [0.4, 0.5) is 11.4 Å². The minimum Gasteiger partial charge on any atom is -0.344 e. The van der Waals surface area contributed by atoms with Gasteiger partial charge in [0.25, 0.3) is 0 Å². The molecule has 1 N–H and O–H groups in total. The number of benzene rings is 2. The first-order valence-corrected chi connectivity index (χ1v) is 7.70. The first-order valence-electron chi connectivity index (χ1n) is 6.91. The van der Waals surface area contributed by atoms with Crippen LogP contribution in [0.5, 0.6) is 0 Å². The second kappa shape index (κ2) is 6.91. The maximum Gasteiger partial charge on any atom is 0.0552 e. The summed E-state index contributed by atoms with van der Waals surface area (Å²) in [6, 6.07) is 15.1. The maximum atomic E-state index is 3.69. The highest BCUT2D eigenvalue weighted by Crippen LogP contribution is 2.31. The summed E-state index contributed by atoms with van der Waals surface area (Å²) in [5.74, 6) is 0. The van der Waals surface area contributed by atoms with Gasteiger partial charge in [-0.15, -0.1) is 0 Å². The lowest BCUT2D eigenvalue weighted by atomic mass is 10.1. The quantitative estimate of drug-likeness (QED) is 0.858. The Bertz CT molecular complexity index is 581. The van der Waals surface area contributed by atoms with E-state index in [1.807, 2.05) is 0 Å². The third-order valence-electron chi connectivity index (χ3n) is 3.34. The van der Waals surface area contributed by atoms with Crippen LogP contribution in [0.25, 0.3) is 0 Å². The molecule has 2 nitrogen and oxygen atoms in total. The molecule has 0 aliphatic carbocycles. The summed E-state index contributed by atoms with van der Waals surface area (Å²) in [4.78, 5) is 2.20. The van der Waals surface area contributed by atoms with Crippen molar-refractivity contribution in [2.75, 3.05) is 18.5 Å². The van der Waals surface area contributed by atoms with Gasteiger partial charge in [-0.3, -0.25) is 0 Å². The van der Waals surface area contributed by atoms with Gasteiger partial charge in [0.1, 0.15) is 0 Å². The number of hydrogen-bond acceptors (Lipinski definition) is 2. The van der Waals surface area contributed by atoms with E-state index in [9.17, 15) is 0 Å². The number of aryl methyl sites for hydroxylation is 1. The van der Waals surface area contributed by atoms with Crippen LogP contribution in [0.15, 0.2) is 46.9 Å². The molecule has 0 atom stereocenters. The van der Waals surface area contributed by atoms with Crippen molar-refractivity contribution < 1.29 is 0 Å². The molecule has 0 fully saturated rings. The third-order valence-corrected chi connectivity index (χ3v) is 3.98. The van der Waals surface area contributed by atoms with E-state index in [1.165, 1.54) is 22.5 Å². The predicted octanol–water partition coefficient (Wildman–Crippen LogP) is 4.63. The summed E-state index contributed by atoms with van der Waals surface area (Å²) < 4.78 is 1.12. The van der Waals surface area contributed by atoms with Crippen molar-refractivity contribution in [3.05, 3.63) is 58.1 Å². The van der Waals surface area contributed by atoms with Crippen LogP contribution >= 0.6 is 15.9 Å². The molecule has 0 bridgehead atoms. The van der Waals surface area contributed by atoms with E-state index < -0.39 is 0 Å². The number of rotatable bonds is 5. The van der Waals surface area contributed by atoms with Gasteiger partial charge in [-0.05, 0) is 64.8 Å². The van der Waals surface area contributed by atoms with Gasteiger partial charge in [-0.2, -0.15) is 0 Å². The van der Waals surface area contributed by atoms with Crippen molar-refractivity contribution >= 4 is 27.3 Å². The van der Waals surface area contributed by atoms with Gasteiger partial charge in [-0.1, -0.05) is 25.1 Å². The van der Waals surface area contributed by atoms with Crippen LogP contribution in [0, 0.1) is 6.92 Å². The Hall–Kier alpha value is -1.32. The second-order valence-electron chi connectivity index (χ2n) is 4.96. The minimum absolute atomic E-state index is 0.906. The zero-order valence-corrected chi connectivity index (χ0v) is 13.9. The number of anilines is 2. The smallest absolute Gasteiger partial charge is 0.0552 e. The SMILES string of the molecule is CCNCc1ccc(N(C)c2cccc(C)c2)c(Br)c1. The Balaban J connectivity index is 2.24. The van der Waals surface area contributed by atoms with E-state index in [0.717, 1.165) is 17.6 Å². The largest absolute Gasteiger partial charge is 0.344 e. The van der Waals surface area contributed by atoms with Gasteiger partial charge in [0.05, 0.1) is 5.69 Å². The van der Waals surface area contributed by atoms with Crippen molar-refractivity contribution in [2.24, 2.45) is 0 Å². The van der Waals surface area contributed by atoms with Crippen molar-refractivity contribution in [3.63, 3.8) is 0 Å². The van der Waals surface area contributed by atoms with Gasteiger partial charge >= 0.3 is 0 Å². The van der Waals surface area contributed by atoms with Crippen LogP contribution in [-0.2, 0) is 6.54 Å². The van der Waals surface area contributed by atoms with Crippen molar-refractivity contribution in [3.8, 4) is 0 Å². The normalized spacial score (nSPS) is 10.6. The molecular formula is C17H21BrN2. The van der Waals surface area contributed by atoms with Crippen molar-refractivity contribution in [2.45, 2.75) is 20.4 Å². The highest BCUT2D eigenvalue weighted by Gasteiger charge is 2.08. The average Bonchev–Trinajstić information content (AvgIpc) is 2.44. The van der Waals surface area contributed by atoms with Gasteiger partial charge < -0.3 is 10.2 Å². The van der Waals surface area contributed by atoms with Gasteiger partial charge in [-0.25, -0.2) is 0 Å². The topological polar surface area (TPSA) is 15.3 Å². The first-order chi connectivity index (χ1) is 9.61. The van der Waals surface area contributed by atoms with E-state index >= 15 is 0 Å². The highest BCUT2D eigenvalue weighted by molar-refractivity contribution is 9.10. The standard InChI is InChI=1S/C17H21BrN2/c1-4-19-12-14-8-9-17(16(18)11-14)20(3)15-7-5-6-13(2)10-15/h5-11,19H,4,12H2,1-3H3. The van der Waals surface area contributed by atoms with Crippen LogP contribution in [0.1, 0.15) is 18.1 Å². The molecule has 0 aromatic heterocycles. The van der Waals surface area contributed by atoms with Crippen LogP contribution in [0.2, 0.25) is 0 Å². The Morgan fingerprint density at radius 2 is 1.95 bits per heavy atom. The Morgan fingerprint density at radius 1 is 1.15 bits per heavy atom. The number of nitrogens with one attached hydrogen (secondary N) is 1. The number of halogens is 1. The highest BCUT2D eigenvalue weighted by atomic mass is 79.9. The fourth-order valence-corrected chi connectivity index (χ4v) is 2.87.